The topological polar surface area (TPSA) is 57.6 Å². The van der Waals surface area contributed by atoms with Crippen LogP contribution in [0.5, 0.6) is 0 Å². The number of carbonyl (C=O) groups excluding carboxylic acids is 1. The van der Waals surface area contributed by atoms with Crippen molar-refractivity contribution in [3.05, 3.63) is 22.4 Å². The lowest BCUT2D eigenvalue weighted by Crippen LogP contribution is -2.42. The van der Waals surface area contributed by atoms with Gasteiger partial charge in [-0.05, 0) is 36.8 Å². The molecule has 2 aliphatic rings. The second-order valence-electron chi connectivity index (χ2n) is 5.26. The van der Waals surface area contributed by atoms with Gasteiger partial charge in [-0.3, -0.25) is 14.5 Å². The third-order valence-corrected chi connectivity index (χ3v) is 5.03. The van der Waals surface area contributed by atoms with E-state index in [1.165, 1.54) is 11.3 Å². The predicted octanol–water partition coefficient (Wildman–Crippen LogP) is 1.73. The molecule has 1 aliphatic heterocycles. The molecule has 1 aliphatic carbocycles. The maximum atomic E-state index is 12.0. The van der Waals surface area contributed by atoms with Gasteiger partial charge in [-0.25, -0.2) is 0 Å². The average Bonchev–Trinajstić information content (AvgIpc) is 2.83. The van der Waals surface area contributed by atoms with Crippen molar-refractivity contribution in [2.75, 3.05) is 19.6 Å². The molecular weight excluding hydrogens is 250 g/mol. The standard InChI is InChI=1S/C13H15NO3S/c15-10(11-2-1-5-18-11)7-14-4-3-9-6-13(9,8-14)12(16)17/h1-2,5,9H,3-4,6-8H2,(H,16,17). The molecule has 2 heterocycles. The van der Waals surface area contributed by atoms with E-state index in [0.29, 0.717) is 19.0 Å². The molecule has 0 radical (unpaired) electrons. The summed E-state index contributed by atoms with van der Waals surface area (Å²) in [4.78, 5) is 26.0. The van der Waals surface area contributed by atoms with Crippen LogP contribution >= 0.6 is 11.3 Å². The van der Waals surface area contributed by atoms with E-state index >= 15 is 0 Å². The van der Waals surface area contributed by atoms with Crippen LogP contribution in [0.2, 0.25) is 0 Å². The maximum absolute atomic E-state index is 12.0. The Morgan fingerprint density at radius 2 is 2.39 bits per heavy atom. The third kappa shape index (κ3) is 1.87. The number of hydrogen-bond acceptors (Lipinski definition) is 4. The minimum absolute atomic E-state index is 0.102. The van der Waals surface area contributed by atoms with Crippen molar-refractivity contribution in [2.24, 2.45) is 11.3 Å². The predicted molar refractivity (Wildman–Crippen MR) is 67.9 cm³/mol. The number of nitrogens with zero attached hydrogens (tertiary/aromatic N) is 1. The normalized spacial score (nSPS) is 30.8. The van der Waals surface area contributed by atoms with Gasteiger partial charge in [0.25, 0.3) is 0 Å². The maximum Gasteiger partial charge on any atom is 0.311 e. The summed E-state index contributed by atoms with van der Waals surface area (Å²) in [7, 11) is 0. The fourth-order valence-electron chi connectivity index (χ4n) is 2.95. The van der Waals surface area contributed by atoms with Gasteiger partial charge in [-0.2, -0.15) is 0 Å². The molecule has 4 nitrogen and oxygen atoms in total. The number of carboxylic acids is 1. The highest BCUT2D eigenvalue weighted by Gasteiger charge is 2.62. The Kier molecular flexibility index (Phi) is 2.75. The largest absolute Gasteiger partial charge is 0.481 e. The van der Waals surface area contributed by atoms with Gasteiger partial charge in [0.05, 0.1) is 16.8 Å². The van der Waals surface area contributed by atoms with Crippen LogP contribution < -0.4 is 0 Å². The van der Waals surface area contributed by atoms with Crippen molar-refractivity contribution in [3.63, 3.8) is 0 Å². The van der Waals surface area contributed by atoms with Crippen molar-refractivity contribution in [1.82, 2.24) is 4.90 Å². The second kappa shape index (κ2) is 4.17. The molecule has 18 heavy (non-hydrogen) atoms. The first-order valence-electron chi connectivity index (χ1n) is 6.14. The summed E-state index contributed by atoms with van der Waals surface area (Å²) in [5, 5.41) is 11.2. The number of thiophene rings is 1. The van der Waals surface area contributed by atoms with Crippen LogP contribution in [0.15, 0.2) is 17.5 Å². The van der Waals surface area contributed by atoms with Gasteiger partial charge in [-0.1, -0.05) is 6.07 Å². The number of carboxylic acid groups (broad SMARTS) is 1. The molecule has 2 atom stereocenters. The van der Waals surface area contributed by atoms with Gasteiger partial charge in [0.1, 0.15) is 0 Å². The first-order chi connectivity index (χ1) is 8.62. The number of hydrogen-bond donors (Lipinski definition) is 1. The SMILES string of the molecule is O=C(CN1CCC2CC2(C(=O)O)C1)c1cccs1. The highest BCUT2D eigenvalue weighted by atomic mass is 32.1. The fraction of sp³-hybridized carbons (Fsp3) is 0.538. The number of fused-ring (bicyclic) bond motifs is 1. The fourth-order valence-corrected chi connectivity index (χ4v) is 3.61. The molecule has 0 bridgehead atoms. The molecule has 0 spiro atoms. The quantitative estimate of drug-likeness (QED) is 0.842. The minimum Gasteiger partial charge on any atom is -0.481 e. The number of carbonyl (C=O) groups is 2. The summed E-state index contributed by atoms with van der Waals surface area (Å²) in [5.74, 6) is -0.256. The first-order valence-corrected chi connectivity index (χ1v) is 7.02. The molecule has 1 N–H and O–H groups in total. The molecule has 1 aromatic heterocycles. The highest BCUT2D eigenvalue weighted by Crippen LogP contribution is 2.57. The van der Waals surface area contributed by atoms with Crippen LogP contribution in [0.25, 0.3) is 0 Å². The Bertz CT molecular complexity index is 484. The van der Waals surface area contributed by atoms with Crippen molar-refractivity contribution in [3.8, 4) is 0 Å². The van der Waals surface area contributed by atoms with Crippen LogP contribution in [-0.4, -0.2) is 41.4 Å². The van der Waals surface area contributed by atoms with E-state index in [4.69, 9.17) is 0 Å². The molecule has 1 saturated carbocycles. The summed E-state index contributed by atoms with van der Waals surface area (Å²) >= 11 is 1.44. The van der Waals surface area contributed by atoms with Gasteiger partial charge >= 0.3 is 5.97 Å². The van der Waals surface area contributed by atoms with Crippen LogP contribution in [0.3, 0.4) is 0 Å². The highest BCUT2D eigenvalue weighted by molar-refractivity contribution is 7.12. The zero-order valence-electron chi connectivity index (χ0n) is 9.96. The van der Waals surface area contributed by atoms with Gasteiger partial charge < -0.3 is 5.11 Å². The van der Waals surface area contributed by atoms with Gasteiger partial charge in [0, 0.05) is 6.54 Å². The molecule has 5 heteroatoms. The smallest absolute Gasteiger partial charge is 0.311 e. The third-order valence-electron chi connectivity index (χ3n) is 4.12. The van der Waals surface area contributed by atoms with Crippen molar-refractivity contribution >= 4 is 23.1 Å². The Morgan fingerprint density at radius 1 is 1.56 bits per heavy atom. The van der Waals surface area contributed by atoms with Crippen molar-refractivity contribution < 1.29 is 14.7 Å². The Labute approximate surface area is 109 Å². The second-order valence-corrected chi connectivity index (χ2v) is 6.21. The lowest BCUT2D eigenvalue weighted by Gasteiger charge is -2.29. The number of ketones is 1. The molecule has 2 unspecified atom stereocenters. The molecule has 0 aromatic carbocycles. The van der Waals surface area contributed by atoms with E-state index in [1.807, 2.05) is 22.4 Å². The number of piperidine rings is 1. The summed E-state index contributed by atoms with van der Waals surface area (Å²) in [6.45, 7) is 1.73. The van der Waals surface area contributed by atoms with Crippen molar-refractivity contribution in [1.29, 1.82) is 0 Å². The summed E-state index contributed by atoms with van der Waals surface area (Å²) in [6.07, 6.45) is 1.69. The Hall–Kier alpha value is -1.20. The number of Topliss-reactive ketones (excluding diaryl/α,β-unsaturated/α-hetero) is 1. The molecular formula is C13H15NO3S. The van der Waals surface area contributed by atoms with E-state index in [-0.39, 0.29) is 5.78 Å². The minimum atomic E-state index is -0.694. The van der Waals surface area contributed by atoms with E-state index in [1.54, 1.807) is 0 Å². The van der Waals surface area contributed by atoms with Crippen LogP contribution in [0.1, 0.15) is 22.5 Å². The lowest BCUT2D eigenvalue weighted by molar-refractivity contribution is -0.145. The molecule has 1 saturated heterocycles. The zero-order valence-corrected chi connectivity index (χ0v) is 10.8. The molecule has 3 rings (SSSR count). The Morgan fingerprint density at radius 3 is 3.06 bits per heavy atom. The van der Waals surface area contributed by atoms with E-state index in [0.717, 1.165) is 24.3 Å². The monoisotopic (exact) mass is 265 g/mol. The number of rotatable bonds is 4. The molecule has 96 valence electrons. The van der Waals surface area contributed by atoms with Crippen LogP contribution in [-0.2, 0) is 4.79 Å². The molecule has 0 amide bonds. The van der Waals surface area contributed by atoms with Crippen LogP contribution in [0, 0.1) is 11.3 Å². The number of likely N-dealkylation sites (tertiary alicyclic amines) is 1. The van der Waals surface area contributed by atoms with Gasteiger partial charge in [-0.15, -0.1) is 11.3 Å². The lowest BCUT2D eigenvalue weighted by atomic mass is 9.97. The van der Waals surface area contributed by atoms with E-state index in [2.05, 4.69) is 0 Å². The Balaban J connectivity index is 1.64. The van der Waals surface area contributed by atoms with Gasteiger partial charge in [0.15, 0.2) is 5.78 Å². The molecule has 2 fully saturated rings. The van der Waals surface area contributed by atoms with Gasteiger partial charge in [0.2, 0.25) is 0 Å². The summed E-state index contributed by atoms with van der Waals surface area (Å²) in [5.41, 5.74) is -0.548. The van der Waals surface area contributed by atoms with E-state index in [9.17, 15) is 14.7 Å². The summed E-state index contributed by atoms with van der Waals surface area (Å²) < 4.78 is 0. The zero-order chi connectivity index (χ0) is 12.8. The van der Waals surface area contributed by atoms with Crippen LogP contribution in [0.4, 0.5) is 0 Å². The summed E-state index contributed by atoms with van der Waals surface area (Å²) in [6, 6.07) is 3.69. The molecule has 1 aromatic rings. The average molecular weight is 265 g/mol. The first kappa shape index (κ1) is 11.9. The van der Waals surface area contributed by atoms with Crippen molar-refractivity contribution in [2.45, 2.75) is 12.8 Å². The number of aliphatic carboxylic acids is 1. The van der Waals surface area contributed by atoms with E-state index < -0.39 is 11.4 Å².